The predicted molar refractivity (Wildman–Crippen MR) is 90.9 cm³/mol. The molecule has 0 unspecified atom stereocenters. The number of amides is 1. The molecular formula is C18H26N4O3. The van der Waals surface area contributed by atoms with Gasteiger partial charge in [-0.2, -0.15) is 4.98 Å². The minimum Gasteiger partial charge on any atom is -0.361 e. The highest BCUT2D eigenvalue weighted by Crippen LogP contribution is 2.34. The first-order chi connectivity index (χ1) is 12.0. The van der Waals surface area contributed by atoms with Crippen LogP contribution in [0.25, 0.3) is 0 Å². The van der Waals surface area contributed by atoms with E-state index in [2.05, 4.69) is 20.6 Å². The second kappa shape index (κ2) is 7.37. The Labute approximate surface area is 147 Å². The number of nitrogens with zero attached hydrogens (tertiary/aromatic N) is 3. The van der Waals surface area contributed by atoms with Crippen molar-refractivity contribution in [2.75, 3.05) is 0 Å². The lowest BCUT2D eigenvalue weighted by Gasteiger charge is -2.30. The Balaban J connectivity index is 1.72. The van der Waals surface area contributed by atoms with Crippen LogP contribution < -0.4 is 5.32 Å². The molecule has 0 spiro atoms. The van der Waals surface area contributed by atoms with E-state index in [1.165, 1.54) is 12.8 Å². The molecule has 136 valence electrons. The SMILES string of the molecule is Cc1nc(C2(NC(=O)CCc3c(C)noc3C)CCCCCC2)no1. The van der Waals surface area contributed by atoms with Crippen LogP contribution in [0.4, 0.5) is 0 Å². The van der Waals surface area contributed by atoms with E-state index in [0.717, 1.165) is 42.7 Å². The van der Waals surface area contributed by atoms with Gasteiger partial charge >= 0.3 is 0 Å². The van der Waals surface area contributed by atoms with E-state index in [1.807, 2.05) is 13.8 Å². The summed E-state index contributed by atoms with van der Waals surface area (Å²) < 4.78 is 10.4. The molecule has 0 saturated heterocycles. The molecule has 0 atom stereocenters. The van der Waals surface area contributed by atoms with Crippen molar-refractivity contribution < 1.29 is 13.8 Å². The fraction of sp³-hybridized carbons (Fsp3) is 0.667. The fourth-order valence-corrected chi connectivity index (χ4v) is 3.66. The van der Waals surface area contributed by atoms with Crippen molar-refractivity contribution >= 4 is 5.91 Å². The molecule has 7 nitrogen and oxygen atoms in total. The molecule has 1 amide bonds. The van der Waals surface area contributed by atoms with Crippen molar-refractivity contribution in [3.63, 3.8) is 0 Å². The lowest BCUT2D eigenvalue weighted by Crippen LogP contribution is -2.46. The number of aryl methyl sites for hydroxylation is 3. The van der Waals surface area contributed by atoms with Gasteiger partial charge in [0.05, 0.1) is 5.69 Å². The van der Waals surface area contributed by atoms with Gasteiger partial charge in [0.15, 0.2) is 5.82 Å². The van der Waals surface area contributed by atoms with Gasteiger partial charge in [-0.3, -0.25) is 4.79 Å². The second-order valence-corrected chi connectivity index (χ2v) is 6.98. The van der Waals surface area contributed by atoms with Crippen molar-refractivity contribution in [3.8, 4) is 0 Å². The van der Waals surface area contributed by atoms with Gasteiger partial charge in [0.25, 0.3) is 0 Å². The van der Waals surface area contributed by atoms with E-state index in [-0.39, 0.29) is 5.91 Å². The summed E-state index contributed by atoms with van der Waals surface area (Å²) in [5, 5.41) is 11.3. The highest BCUT2D eigenvalue weighted by atomic mass is 16.5. The normalized spacial score (nSPS) is 17.2. The number of carbonyl (C=O) groups is 1. The molecule has 2 heterocycles. The van der Waals surface area contributed by atoms with Gasteiger partial charge in [-0.15, -0.1) is 0 Å². The summed E-state index contributed by atoms with van der Waals surface area (Å²) in [4.78, 5) is 17.1. The van der Waals surface area contributed by atoms with Crippen LogP contribution in [-0.2, 0) is 16.8 Å². The monoisotopic (exact) mass is 346 g/mol. The summed E-state index contributed by atoms with van der Waals surface area (Å²) in [5.41, 5.74) is 1.35. The van der Waals surface area contributed by atoms with E-state index >= 15 is 0 Å². The van der Waals surface area contributed by atoms with Crippen LogP contribution in [0.5, 0.6) is 0 Å². The van der Waals surface area contributed by atoms with Gasteiger partial charge in [0.1, 0.15) is 11.3 Å². The minimum atomic E-state index is -0.510. The molecule has 1 N–H and O–H groups in total. The van der Waals surface area contributed by atoms with Crippen LogP contribution in [0.1, 0.15) is 73.7 Å². The van der Waals surface area contributed by atoms with Crippen LogP contribution in [0.2, 0.25) is 0 Å². The smallest absolute Gasteiger partial charge is 0.223 e. The first kappa shape index (κ1) is 17.6. The zero-order valence-electron chi connectivity index (χ0n) is 15.2. The first-order valence-corrected chi connectivity index (χ1v) is 9.04. The number of aromatic nitrogens is 3. The van der Waals surface area contributed by atoms with E-state index in [0.29, 0.717) is 24.6 Å². The van der Waals surface area contributed by atoms with Crippen molar-refractivity contribution in [2.45, 2.75) is 77.7 Å². The third kappa shape index (κ3) is 3.91. The number of hydrogen-bond donors (Lipinski definition) is 1. The molecule has 0 radical (unpaired) electrons. The zero-order valence-corrected chi connectivity index (χ0v) is 15.2. The molecule has 2 aromatic rings. The van der Waals surface area contributed by atoms with Crippen LogP contribution in [0, 0.1) is 20.8 Å². The Morgan fingerprint density at radius 3 is 2.36 bits per heavy atom. The third-order valence-corrected chi connectivity index (χ3v) is 5.07. The number of hydrogen-bond acceptors (Lipinski definition) is 6. The molecule has 3 rings (SSSR count). The van der Waals surface area contributed by atoms with E-state index in [1.54, 1.807) is 6.92 Å². The quantitative estimate of drug-likeness (QED) is 0.835. The average Bonchev–Trinajstić information content (AvgIpc) is 3.06. The summed E-state index contributed by atoms with van der Waals surface area (Å²) in [5.74, 6) is 1.92. The van der Waals surface area contributed by atoms with E-state index < -0.39 is 5.54 Å². The first-order valence-electron chi connectivity index (χ1n) is 9.04. The molecule has 7 heteroatoms. The Morgan fingerprint density at radius 1 is 1.08 bits per heavy atom. The standard InChI is InChI=1S/C18H26N4O3/c1-12-15(13(2)24-21-12)8-9-16(23)20-18(10-6-4-5-7-11-18)17-19-14(3)25-22-17/h4-11H2,1-3H3,(H,20,23). The average molecular weight is 346 g/mol. The summed E-state index contributed by atoms with van der Waals surface area (Å²) in [7, 11) is 0. The molecule has 0 bridgehead atoms. The highest BCUT2D eigenvalue weighted by Gasteiger charge is 2.38. The highest BCUT2D eigenvalue weighted by molar-refractivity contribution is 5.77. The van der Waals surface area contributed by atoms with Gasteiger partial charge in [-0.25, -0.2) is 0 Å². The maximum Gasteiger partial charge on any atom is 0.223 e. The molecule has 25 heavy (non-hydrogen) atoms. The predicted octanol–water partition coefficient (Wildman–Crippen LogP) is 3.28. The minimum absolute atomic E-state index is 0.00403. The molecule has 0 aromatic carbocycles. The van der Waals surface area contributed by atoms with Gasteiger partial charge in [0, 0.05) is 18.9 Å². The number of nitrogens with one attached hydrogen (secondary N) is 1. The van der Waals surface area contributed by atoms with Gasteiger partial charge in [-0.05, 0) is 33.1 Å². The van der Waals surface area contributed by atoms with Crippen LogP contribution >= 0.6 is 0 Å². The topological polar surface area (TPSA) is 94.1 Å². The van der Waals surface area contributed by atoms with Crippen molar-refractivity contribution in [3.05, 3.63) is 28.7 Å². The molecule has 1 aliphatic rings. The van der Waals surface area contributed by atoms with Gasteiger partial charge in [-0.1, -0.05) is 36.0 Å². The van der Waals surface area contributed by atoms with Crippen molar-refractivity contribution in [1.29, 1.82) is 0 Å². The summed E-state index contributed by atoms with van der Waals surface area (Å²) in [6.45, 7) is 5.56. The maximum atomic E-state index is 12.7. The van der Waals surface area contributed by atoms with Crippen LogP contribution in [-0.4, -0.2) is 21.2 Å². The van der Waals surface area contributed by atoms with Gasteiger partial charge < -0.3 is 14.4 Å². The largest absolute Gasteiger partial charge is 0.361 e. The maximum absolute atomic E-state index is 12.7. The van der Waals surface area contributed by atoms with Crippen LogP contribution in [0.15, 0.2) is 9.05 Å². The molecule has 1 saturated carbocycles. The van der Waals surface area contributed by atoms with Gasteiger partial charge in [0.2, 0.25) is 11.8 Å². The Bertz CT molecular complexity index is 707. The third-order valence-electron chi connectivity index (χ3n) is 5.07. The lowest BCUT2D eigenvalue weighted by atomic mass is 9.88. The molecular weight excluding hydrogens is 320 g/mol. The molecule has 2 aromatic heterocycles. The second-order valence-electron chi connectivity index (χ2n) is 6.98. The van der Waals surface area contributed by atoms with E-state index in [4.69, 9.17) is 9.05 Å². The Morgan fingerprint density at radius 2 is 1.80 bits per heavy atom. The molecule has 1 fully saturated rings. The summed E-state index contributed by atoms with van der Waals surface area (Å²) in [6, 6.07) is 0. The lowest BCUT2D eigenvalue weighted by molar-refractivity contribution is -0.123. The Kier molecular flexibility index (Phi) is 5.20. The summed E-state index contributed by atoms with van der Waals surface area (Å²) >= 11 is 0. The van der Waals surface area contributed by atoms with Crippen LogP contribution in [0.3, 0.4) is 0 Å². The molecule has 1 aliphatic carbocycles. The van der Waals surface area contributed by atoms with E-state index in [9.17, 15) is 4.79 Å². The number of rotatable bonds is 5. The van der Waals surface area contributed by atoms with Crippen molar-refractivity contribution in [2.24, 2.45) is 0 Å². The zero-order chi connectivity index (χ0) is 17.9. The summed E-state index contributed by atoms with van der Waals surface area (Å²) in [6.07, 6.45) is 7.17. The number of carbonyl (C=O) groups excluding carboxylic acids is 1. The molecule has 0 aliphatic heterocycles. The Hall–Kier alpha value is -2.18. The fourth-order valence-electron chi connectivity index (χ4n) is 3.66. The van der Waals surface area contributed by atoms with Crippen molar-refractivity contribution in [1.82, 2.24) is 20.6 Å².